The normalized spacial score (nSPS) is 10.4. The van der Waals surface area contributed by atoms with Crippen molar-refractivity contribution in [3.8, 4) is 11.5 Å². The Hall–Kier alpha value is -4.01. The van der Waals surface area contributed by atoms with Gasteiger partial charge in [-0.2, -0.15) is 0 Å². The second-order valence-corrected chi connectivity index (χ2v) is 6.85. The topological polar surface area (TPSA) is 102 Å². The number of Topliss-reactive ketones (excluding diaryl/α,β-unsaturated/α-hetero) is 1. The molecule has 2 N–H and O–H groups in total. The van der Waals surface area contributed by atoms with E-state index in [1.54, 1.807) is 31.2 Å². The molecule has 0 bridgehead atoms. The number of aromatic nitrogens is 2. The standard InChI is InChI=1S/C23H23FN4O4/c1-4-20(30)15-8-16(22(24)21(9-15)31-3)13-32-19-11-25-23(26-12-19)28-18-7-5-6-17(10-18)27-14(2)29/h5-12H,4,13H2,1-3H3,(H,27,29)(H,25,26,28). The molecule has 32 heavy (non-hydrogen) atoms. The van der Waals surface area contributed by atoms with Gasteiger partial charge in [-0.25, -0.2) is 14.4 Å². The van der Waals surface area contributed by atoms with Crippen molar-refractivity contribution < 1.29 is 23.5 Å². The number of anilines is 3. The van der Waals surface area contributed by atoms with Crippen LogP contribution < -0.4 is 20.1 Å². The molecule has 1 amide bonds. The molecule has 0 atom stereocenters. The van der Waals surface area contributed by atoms with E-state index in [9.17, 15) is 14.0 Å². The van der Waals surface area contributed by atoms with Gasteiger partial charge in [0.15, 0.2) is 23.1 Å². The number of hydrogen-bond donors (Lipinski definition) is 2. The first-order chi connectivity index (χ1) is 15.4. The number of methoxy groups -OCH3 is 1. The van der Waals surface area contributed by atoms with Crippen LogP contribution in [0.1, 0.15) is 36.2 Å². The summed E-state index contributed by atoms with van der Waals surface area (Å²) < 4.78 is 25.2. The first kappa shape index (κ1) is 22.7. The lowest BCUT2D eigenvalue weighted by molar-refractivity contribution is -0.114. The number of nitrogens with one attached hydrogen (secondary N) is 2. The minimum absolute atomic E-state index is 0.0137. The average Bonchev–Trinajstić information content (AvgIpc) is 2.78. The lowest BCUT2D eigenvalue weighted by atomic mass is 10.0. The second kappa shape index (κ2) is 10.3. The molecule has 0 spiro atoms. The summed E-state index contributed by atoms with van der Waals surface area (Å²) in [6.45, 7) is 3.04. The van der Waals surface area contributed by atoms with Gasteiger partial charge in [0.1, 0.15) is 6.61 Å². The molecule has 0 aliphatic rings. The van der Waals surface area contributed by atoms with Gasteiger partial charge >= 0.3 is 0 Å². The fourth-order valence-corrected chi connectivity index (χ4v) is 2.90. The predicted octanol–water partition coefficient (Wildman–Crippen LogP) is 4.50. The number of halogens is 1. The quantitative estimate of drug-likeness (QED) is 0.474. The Kier molecular flexibility index (Phi) is 7.33. The highest BCUT2D eigenvalue weighted by Gasteiger charge is 2.15. The number of carbonyl (C=O) groups excluding carboxylic acids is 2. The molecule has 0 unspecified atom stereocenters. The van der Waals surface area contributed by atoms with Crippen molar-refractivity contribution >= 4 is 29.0 Å². The first-order valence-electron chi connectivity index (χ1n) is 9.88. The number of hydrogen-bond acceptors (Lipinski definition) is 7. The van der Waals surface area contributed by atoms with Crippen LogP contribution in [0, 0.1) is 5.82 Å². The lowest BCUT2D eigenvalue weighted by Crippen LogP contribution is -2.06. The third-order valence-electron chi connectivity index (χ3n) is 4.44. The van der Waals surface area contributed by atoms with Gasteiger partial charge in [-0.1, -0.05) is 13.0 Å². The van der Waals surface area contributed by atoms with Crippen molar-refractivity contribution in [1.82, 2.24) is 9.97 Å². The average molecular weight is 438 g/mol. The Balaban J connectivity index is 1.68. The van der Waals surface area contributed by atoms with Crippen LogP contribution in [0.5, 0.6) is 11.5 Å². The van der Waals surface area contributed by atoms with Crippen molar-refractivity contribution in [2.75, 3.05) is 17.7 Å². The molecule has 3 rings (SSSR count). The summed E-state index contributed by atoms with van der Waals surface area (Å²) in [7, 11) is 1.34. The zero-order chi connectivity index (χ0) is 23.1. The molecule has 8 nitrogen and oxygen atoms in total. The summed E-state index contributed by atoms with van der Waals surface area (Å²) in [5.41, 5.74) is 1.89. The molecule has 0 saturated carbocycles. The first-order valence-corrected chi connectivity index (χ1v) is 9.88. The fourth-order valence-electron chi connectivity index (χ4n) is 2.90. The van der Waals surface area contributed by atoms with Gasteiger partial charge in [-0.05, 0) is 30.3 Å². The van der Waals surface area contributed by atoms with Gasteiger partial charge in [0, 0.05) is 35.8 Å². The lowest BCUT2D eigenvalue weighted by Gasteiger charge is -2.12. The van der Waals surface area contributed by atoms with Crippen LogP contribution in [-0.4, -0.2) is 28.8 Å². The number of ketones is 1. The molecule has 1 aromatic heterocycles. The van der Waals surface area contributed by atoms with Crippen molar-refractivity contribution in [1.29, 1.82) is 0 Å². The summed E-state index contributed by atoms with van der Waals surface area (Å²) in [5.74, 6) is -0.239. The zero-order valence-corrected chi connectivity index (χ0v) is 17.9. The van der Waals surface area contributed by atoms with E-state index in [0.29, 0.717) is 35.1 Å². The van der Waals surface area contributed by atoms with Crippen LogP contribution in [0.3, 0.4) is 0 Å². The molecule has 9 heteroatoms. The van der Waals surface area contributed by atoms with E-state index in [4.69, 9.17) is 9.47 Å². The van der Waals surface area contributed by atoms with Crippen LogP contribution in [-0.2, 0) is 11.4 Å². The molecule has 0 aliphatic carbocycles. The molecule has 2 aromatic carbocycles. The Morgan fingerprint density at radius 2 is 1.81 bits per heavy atom. The fraction of sp³-hybridized carbons (Fsp3) is 0.217. The summed E-state index contributed by atoms with van der Waals surface area (Å²) >= 11 is 0. The van der Waals surface area contributed by atoms with Crippen molar-refractivity contribution in [3.05, 3.63) is 65.7 Å². The van der Waals surface area contributed by atoms with E-state index in [1.807, 2.05) is 0 Å². The number of ether oxygens (including phenoxy) is 2. The van der Waals surface area contributed by atoms with E-state index in [0.717, 1.165) is 0 Å². The maximum absolute atomic E-state index is 14.6. The van der Waals surface area contributed by atoms with Crippen LogP contribution in [0.15, 0.2) is 48.8 Å². The molecular formula is C23H23FN4O4. The monoisotopic (exact) mass is 438 g/mol. The SMILES string of the molecule is CCC(=O)c1cc(COc2cnc(Nc3cccc(NC(C)=O)c3)nc2)c(F)c(OC)c1. The highest BCUT2D eigenvalue weighted by atomic mass is 19.1. The molecular weight excluding hydrogens is 415 g/mol. The number of nitrogens with zero attached hydrogens (tertiary/aromatic N) is 2. The van der Waals surface area contributed by atoms with E-state index < -0.39 is 5.82 Å². The molecule has 0 aliphatic heterocycles. The number of benzene rings is 2. The highest BCUT2D eigenvalue weighted by Crippen LogP contribution is 2.25. The van der Waals surface area contributed by atoms with Crippen molar-refractivity contribution in [3.63, 3.8) is 0 Å². The van der Waals surface area contributed by atoms with E-state index in [1.165, 1.54) is 38.6 Å². The van der Waals surface area contributed by atoms with Crippen LogP contribution in [0.25, 0.3) is 0 Å². The predicted molar refractivity (Wildman–Crippen MR) is 118 cm³/mol. The third kappa shape index (κ3) is 5.78. The van der Waals surface area contributed by atoms with E-state index in [2.05, 4.69) is 20.6 Å². The van der Waals surface area contributed by atoms with Gasteiger partial charge < -0.3 is 20.1 Å². The van der Waals surface area contributed by atoms with Crippen LogP contribution in [0.2, 0.25) is 0 Å². The summed E-state index contributed by atoms with van der Waals surface area (Å²) in [4.78, 5) is 31.6. The van der Waals surface area contributed by atoms with Gasteiger partial charge in [-0.15, -0.1) is 0 Å². The number of carbonyl (C=O) groups is 2. The second-order valence-electron chi connectivity index (χ2n) is 6.85. The third-order valence-corrected chi connectivity index (χ3v) is 4.44. The molecule has 0 saturated heterocycles. The largest absolute Gasteiger partial charge is 0.494 e. The van der Waals surface area contributed by atoms with Crippen molar-refractivity contribution in [2.45, 2.75) is 26.9 Å². The summed E-state index contributed by atoms with van der Waals surface area (Å²) in [6, 6.07) is 9.94. The molecule has 1 heterocycles. The van der Waals surface area contributed by atoms with E-state index in [-0.39, 0.29) is 29.6 Å². The minimum Gasteiger partial charge on any atom is -0.494 e. The highest BCUT2D eigenvalue weighted by molar-refractivity contribution is 5.96. The Morgan fingerprint density at radius 3 is 2.47 bits per heavy atom. The Labute approximate surface area is 184 Å². The van der Waals surface area contributed by atoms with Crippen LogP contribution in [0.4, 0.5) is 21.7 Å². The molecule has 0 radical (unpaired) electrons. The Morgan fingerprint density at radius 1 is 1.09 bits per heavy atom. The number of rotatable bonds is 9. The molecule has 0 fully saturated rings. The molecule has 3 aromatic rings. The minimum atomic E-state index is -0.585. The van der Waals surface area contributed by atoms with Gasteiger partial charge in [0.05, 0.1) is 19.5 Å². The van der Waals surface area contributed by atoms with Gasteiger partial charge in [0.2, 0.25) is 11.9 Å². The zero-order valence-electron chi connectivity index (χ0n) is 17.9. The number of amides is 1. The maximum Gasteiger partial charge on any atom is 0.227 e. The summed E-state index contributed by atoms with van der Waals surface area (Å²) in [6.07, 6.45) is 3.19. The maximum atomic E-state index is 14.6. The van der Waals surface area contributed by atoms with Crippen LogP contribution >= 0.6 is 0 Å². The molecule has 166 valence electrons. The smallest absolute Gasteiger partial charge is 0.227 e. The van der Waals surface area contributed by atoms with Gasteiger partial charge in [-0.3, -0.25) is 9.59 Å². The van der Waals surface area contributed by atoms with E-state index >= 15 is 0 Å². The Bertz CT molecular complexity index is 1120. The van der Waals surface area contributed by atoms with Crippen molar-refractivity contribution in [2.24, 2.45) is 0 Å². The van der Waals surface area contributed by atoms with Gasteiger partial charge in [0.25, 0.3) is 0 Å². The summed E-state index contributed by atoms with van der Waals surface area (Å²) in [5, 5.41) is 5.73.